The Kier molecular flexibility index (Phi) is 2.90. The zero-order valence-corrected chi connectivity index (χ0v) is 7.86. The quantitative estimate of drug-likeness (QED) is 0.644. The van der Waals surface area contributed by atoms with Crippen molar-refractivity contribution in [1.29, 1.82) is 0 Å². The number of carbonyl (C=O) groups excluding carboxylic acids is 1. The molecule has 1 fully saturated rings. The van der Waals surface area contributed by atoms with Gasteiger partial charge in [0.05, 0.1) is 4.83 Å². The fourth-order valence-corrected chi connectivity index (χ4v) is 1.85. The van der Waals surface area contributed by atoms with E-state index in [0.29, 0.717) is 11.7 Å². The van der Waals surface area contributed by atoms with Crippen molar-refractivity contribution < 1.29 is 4.79 Å². The van der Waals surface area contributed by atoms with Gasteiger partial charge in [-0.15, -0.1) is 0 Å². The molecule has 1 unspecified atom stereocenters. The fourth-order valence-electron chi connectivity index (χ4n) is 1.02. The average Bonchev–Trinajstić information content (AvgIpc) is 2.68. The highest BCUT2D eigenvalue weighted by Gasteiger charge is 2.32. The predicted molar refractivity (Wildman–Crippen MR) is 45.4 cm³/mol. The molecule has 10 heavy (non-hydrogen) atoms. The smallest absolute Gasteiger partial charge is 0.149 e. The van der Waals surface area contributed by atoms with E-state index in [0.717, 1.165) is 25.7 Å². The van der Waals surface area contributed by atoms with Crippen LogP contribution in [0.2, 0.25) is 0 Å². The molecule has 0 spiro atoms. The summed E-state index contributed by atoms with van der Waals surface area (Å²) in [6.45, 7) is 2.11. The number of rotatable bonds is 4. The highest BCUT2D eigenvalue weighted by molar-refractivity contribution is 9.10. The predicted octanol–water partition coefficient (Wildman–Crippen LogP) is 2.53. The van der Waals surface area contributed by atoms with Gasteiger partial charge in [-0.1, -0.05) is 29.3 Å². The lowest BCUT2D eigenvalue weighted by Gasteiger charge is -2.04. The number of ketones is 1. The van der Waals surface area contributed by atoms with Crippen LogP contribution in [-0.2, 0) is 4.79 Å². The van der Waals surface area contributed by atoms with Gasteiger partial charge in [-0.05, 0) is 19.3 Å². The van der Waals surface area contributed by atoms with E-state index in [-0.39, 0.29) is 4.83 Å². The molecule has 0 aromatic carbocycles. The summed E-state index contributed by atoms with van der Waals surface area (Å²) in [6, 6.07) is 0. The second-order valence-electron chi connectivity index (χ2n) is 2.93. The van der Waals surface area contributed by atoms with Gasteiger partial charge < -0.3 is 0 Å². The van der Waals surface area contributed by atoms with E-state index in [1.807, 2.05) is 0 Å². The van der Waals surface area contributed by atoms with Crippen LogP contribution in [0.25, 0.3) is 0 Å². The molecular formula is C8H13BrO. The summed E-state index contributed by atoms with van der Waals surface area (Å²) in [5.74, 6) is 0.845. The van der Waals surface area contributed by atoms with Crippen molar-refractivity contribution in [2.24, 2.45) is 5.92 Å². The Bertz CT molecular complexity index is 129. The van der Waals surface area contributed by atoms with Crippen LogP contribution in [0.3, 0.4) is 0 Å². The lowest BCUT2D eigenvalue weighted by molar-refractivity contribution is -0.119. The topological polar surface area (TPSA) is 17.1 Å². The second-order valence-corrected chi connectivity index (χ2v) is 4.04. The molecule has 0 aliphatic heterocycles. The largest absolute Gasteiger partial charge is 0.298 e. The number of hydrogen-bond donors (Lipinski definition) is 0. The normalized spacial score (nSPS) is 20.6. The Morgan fingerprint density at radius 2 is 2.30 bits per heavy atom. The van der Waals surface area contributed by atoms with Crippen LogP contribution >= 0.6 is 15.9 Å². The number of alkyl halides is 1. The third kappa shape index (κ3) is 2.08. The second kappa shape index (κ2) is 3.51. The molecule has 1 rings (SSSR count). The van der Waals surface area contributed by atoms with Crippen LogP contribution in [0, 0.1) is 5.92 Å². The van der Waals surface area contributed by atoms with Gasteiger partial charge >= 0.3 is 0 Å². The Balaban J connectivity index is 2.24. The van der Waals surface area contributed by atoms with Gasteiger partial charge in [0.25, 0.3) is 0 Å². The summed E-state index contributed by atoms with van der Waals surface area (Å²) >= 11 is 3.39. The first kappa shape index (κ1) is 8.25. The highest BCUT2D eigenvalue weighted by atomic mass is 79.9. The minimum atomic E-state index is 0.144. The summed E-state index contributed by atoms with van der Waals surface area (Å²) in [6.07, 6.45) is 4.35. The zero-order valence-electron chi connectivity index (χ0n) is 6.27. The molecule has 58 valence electrons. The maximum atomic E-state index is 11.2. The third-order valence-electron chi connectivity index (χ3n) is 1.83. The van der Waals surface area contributed by atoms with Crippen LogP contribution in [-0.4, -0.2) is 10.6 Å². The molecule has 1 aliphatic rings. The summed E-state index contributed by atoms with van der Waals surface area (Å²) in [5.41, 5.74) is 0. The molecule has 0 amide bonds. The first-order chi connectivity index (χ1) is 4.75. The average molecular weight is 205 g/mol. The van der Waals surface area contributed by atoms with E-state index in [1.165, 1.54) is 0 Å². The van der Waals surface area contributed by atoms with E-state index in [2.05, 4.69) is 22.9 Å². The number of Topliss-reactive ketones (excluding diaryl/α,β-unsaturated/α-hetero) is 1. The van der Waals surface area contributed by atoms with Crippen molar-refractivity contribution >= 4 is 21.7 Å². The SMILES string of the molecule is CCCC(Br)C(=O)C1CC1. The maximum Gasteiger partial charge on any atom is 0.149 e. The molecule has 0 aromatic heterocycles. The van der Waals surface area contributed by atoms with Gasteiger partial charge in [0, 0.05) is 5.92 Å². The van der Waals surface area contributed by atoms with Crippen molar-refractivity contribution in [2.45, 2.75) is 37.4 Å². The molecule has 0 radical (unpaired) electrons. The summed E-state index contributed by atoms with van der Waals surface area (Å²) in [5, 5.41) is 0. The van der Waals surface area contributed by atoms with E-state index in [1.54, 1.807) is 0 Å². The fraction of sp³-hybridized carbons (Fsp3) is 0.875. The van der Waals surface area contributed by atoms with Crippen LogP contribution in [0.15, 0.2) is 0 Å². The number of halogens is 1. The van der Waals surface area contributed by atoms with Gasteiger partial charge in [0.1, 0.15) is 5.78 Å². The van der Waals surface area contributed by atoms with Gasteiger partial charge in [-0.3, -0.25) is 4.79 Å². The zero-order chi connectivity index (χ0) is 7.56. The molecule has 0 aromatic rings. The monoisotopic (exact) mass is 204 g/mol. The van der Waals surface area contributed by atoms with Crippen molar-refractivity contribution in [3.63, 3.8) is 0 Å². The third-order valence-corrected chi connectivity index (χ3v) is 2.74. The van der Waals surface area contributed by atoms with Crippen molar-refractivity contribution in [3.8, 4) is 0 Å². The minimum absolute atomic E-state index is 0.144. The Morgan fingerprint density at radius 1 is 1.70 bits per heavy atom. The van der Waals surface area contributed by atoms with Crippen molar-refractivity contribution in [1.82, 2.24) is 0 Å². The lowest BCUT2D eigenvalue weighted by Crippen LogP contribution is -2.14. The molecule has 1 saturated carbocycles. The van der Waals surface area contributed by atoms with E-state index in [4.69, 9.17) is 0 Å². The molecule has 2 heteroatoms. The number of hydrogen-bond acceptors (Lipinski definition) is 1. The molecule has 0 N–H and O–H groups in total. The first-order valence-electron chi connectivity index (χ1n) is 3.93. The Hall–Kier alpha value is 0.150. The van der Waals surface area contributed by atoms with Crippen molar-refractivity contribution in [2.75, 3.05) is 0 Å². The molecular weight excluding hydrogens is 192 g/mol. The number of carbonyl (C=O) groups is 1. The van der Waals surface area contributed by atoms with Gasteiger partial charge in [0.2, 0.25) is 0 Å². The minimum Gasteiger partial charge on any atom is -0.298 e. The van der Waals surface area contributed by atoms with Crippen LogP contribution in [0.5, 0.6) is 0 Å². The van der Waals surface area contributed by atoms with E-state index >= 15 is 0 Å². The summed E-state index contributed by atoms with van der Waals surface area (Å²) < 4.78 is 0. The maximum absolute atomic E-state index is 11.2. The molecule has 1 nitrogen and oxygen atoms in total. The van der Waals surface area contributed by atoms with Crippen LogP contribution in [0.1, 0.15) is 32.6 Å². The van der Waals surface area contributed by atoms with Crippen molar-refractivity contribution in [3.05, 3.63) is 0 Å². The Labute approximate surface area is 70.3 Å². The lowest BCUT2D eigenvalue weighted by atomic mass is 10.1. The Morgan fingerprint density at radius 3 is 2.70 bits per heavy atom. The summed E-state index contributed by atoms with van der Waals surface area (Å²) in [7, 11) is 0. The molecule has 1 aliphatic carbocycles. The summed E-state index contributed by atoms with van der Waals surface area (Å²) in [4.78, 5) is 11.4. The highest BCUT2D eigenvalue weighted by Crippen LogP contribution is 2.33. The van der Waals surface area contributed by atoms with E-state index in [9.17, 15) is 4.79 Å². The standard InChI is InChI=1S/C8H13BrO/c1-2-3-7(9)8(10)6-4-5-6/h6-7H,2-5H2,1H3. The molecule has 0 saturated heterocycles. The van der Waals surface area contributed by atoms with Gasteiger partial charge in [-0.2, -0.15) is 0 Å². The molecule has 1 atom stereocenters. The van der Waals surface area contributed by atoms with Gasteiger partial charge in [-0.25, -0.2) is 0 Å². The molecule has 0 heterocycles. The van der Waals surface area contributed by atoms with Gasteiger partial charge in [0.15, 0.2) is 0 Å². The van der Waals surface area contributed by atoms with E-state index < -0.39 is 0 Å². The molecule has 0 bridgehead atoms. The van der Waals surface area contributed by atoms with Crippen LogP contribution in [0.4, 0.5) is 0 Å². The first-order valence-corrected chi connectivity index (χ1v) is 4.85. The van der Waals surface area contributed by atoms with Crippen LogP contribution < -0.4 is 0 Å².